The second-order valence-electron chi connectivity index (χ2n) is 6.24. The van der Waals surface area contributed by atoms with E-state index in [4.69, 9.17) is 0 Å². The molecule has 2 aromatic heterocycles. The summed E-state index contributed by atoms with van der Waals surface area (Å²) in [5.74, 6) is -1.35. The Bertz CT molecular complexity index is 1090. The predicted octanol–water partition coefficient (Wildman–Crippen LogP) is 0.505. The van der Waals surface area contributed by atoms with E-state index in [-0.39, 0.29) is 23.4 Å². The molecule has 0 spiro atoms. The third-order valence-corrected chi connectivity index (χ3v) is 4.51. The van der Waals surface area contributed by atoms with Gasteiger partial charge in [-0.2, -0.15) is 0 Å². The van der Waals surface area contributed by atoms with E-state index in [0.29, 0.717) is 5.52 Å². The van der Waals surface area contributed by atoms with Gasteiger partial charge in [-0.3, -0.25) is 14.9 Å². The zero-order chi connectivity index (χ0) is 19.2. The fourth-order valence-corrected chi connectivity index (χ4v) is 3.18. The molecule has 1 saturated heterocycles. The molecule has 138 valence electrons. The Balaban J connectivity index is 1.62. The van der Waals surface area contributed by atoms with Crippen LogP contribution in [0.25, 0.3) is 10.9 Å². The second kappa shape index (κ2) is 5.94. The van der Waals surface area contributed by atoms with Gasteiger partial charge >= 0.3 is 6.03 Å². The van der Waals surface area contributed by atoms with E-state index >= 15 is 0 Å². The minimum absolute atomic E-state index is 0.134. The number of hydrogen-bond acceptors (Lipinski definition) is 4. The van der Waals surface area contributed by atoms with Crippen molar-refractivity contribution in [3.05, 3.63) is 54.0 Å². The second-order valence-corrected chi connectivity index (χ2v) is 6.24. The van der Waals surface area contributed by atoms with Gasteiger partial charge in [-0.15, -0.1) is 0 Å². The SMILES string of the molecule is Cn1ccnc1C1(CNC(=O)c2cc3c(F)cccc3[nH]2)NC(=O)NC1=O. The van der Waals surface area contributed by atoms with Crippen molar-refractivity contribution in [2.75, 3.05) is 6.54 Å². The number of imide groups is 1. The maximum absolute atomic E-state index is 13.8. The molecule has 9 nitrogen and oxygen atoms in total. The molecule has 3 aromatic rings. The average molecular weight is 370 g/mol. The summed E-state index contributed by atoms with van der Waals surface area (Å²) in [5.41, 5.74) is -0.928. The number of amides is 4. The number of fused-ring (bicyclic) bond motifs is 1. The molecule has 0 aliphatic carbocycles. The summed E-state index contributed by atoms with van der Waals surface area (Å²) >= 11 is 0. The summed E-state index contributed by atoms with van der Waals surface area (Å²) in [6.45, 7) is -0.230. The Morgan fingerprint density at radius 1 is 1.37 bits per heavy atom. The highest BCUT2D eigenvalue weighted by molar-refractivity contribution is 6.07. The third-order valence-electron chi connectivity index (χ3n) is 4.51. The summed E-state index contributed by atoms with van der Waals surface area (Å²) in [5, 5.41) is 7.59. The van der Waals surface area contributed by atoms with E-state index in [1.165, 1.54) is 24.4 Å². The number of rotatable bonds is 4. The Labute approximate surface area is 152 Å². The van der Waals surface area contributed by atoms with Gasteiger partial charge in [0.25, 0.3) is 11.8 Å². The number of carbonyl (C=O) groups is 3. The van der Waals surface area contributed by atoms with Crippen LogP contribution in [0.2, 0.25) is 0 Å². The molecule has 1 atom stereocenters. The Hall–Kier alpha value is -3.69. The van der Waals surface area contributed by atoms with Crippen LogP contribution in [0.15, 0.2) is 36.7 Å². The molecule has 0 radical (unpaired) electrons. The average Bonchev–Trinajstić information content (AvgIpc) is 3.31. The highest BCUT2D eigenvalue weighted by atomic mass is 19.1. The number of nitrogens with zero attached hydrogens (tertiary/aromatic N) is 2. The van der Waals surface area contributed by atoms with E-state index in [1.807, 2.05) is 0 Å². The zero-order valence-electron chi connectivity index (χ0n) is 14.2. The number of H-pyrrole nitrogens is 1. The van der Waals surface area contributed by atoms with E-state index in [9.17, 15) is 18.8 Å². The first-order valence-corrected chi connectivity index (χ1v) is 8.07. The van der Waals surface area contributed by atoms with E-state index < -0.39 is 29.2 Å². The maximum atomic E-state index is 13.8. The van der Waals surface area contributed by atoms with Crippen LogP contribution in [-0.2, 0) is 17.4 Å². The minimum atomic E-state index is -1.54. The number of hydrogen-bond donors (Lipinski definition) is 4. The lowest BCUT2D eigenvalue weighted by atomic mass is 9.98. The summed E-state index contributed by atoms with van der Waals surface area (Å²) in [4.78, 5) is 43.6. The normalized spacial score (nSPS) is 19.2. The Morgan fingerprint density at radius 2 is 2.19 bits per heavy atom. The molecule has 1 aromatic carbocycles. The lowest BCUT2D eigenvalue weighted by Crippen LogP contribution is -2.54. The standard InChI is InChI=1S/C17H15FN6O3/c1-24-6-5-19-14(24)17(15(26)22-16(27)23-17)8-20-13(25)12-7-9-10(18)3-2-4-11(9)21-12/h2-7,21H,8H2,1H3,(H,20,25)(H2,22,23,26,27). The van der Waals surface area contributed by atoms with Crippen molar-refractivity contribution in [2.45, 2.75) is 5.54 Å². The summed E-state index contributed by atoms with van der Waals surface area (Å²) in [6, 6.07) is 5.19. The number of aromatic amines is 1. The van der Waals surface area contributed by atoms with Gasteiger partial charge in [-0.1, -0.05) is 6.07 Å². The lowest BCUT2D eigenvalue weighted by molar-refractivity contribution is -0.124. The number of halogens is 1. The van der Waals surface area contributed by atoms with Crippen molar-refractivity contribution in [2.24, 2.45) is 7.05 Å². The molecule has 1 unspecified atom stereocenters. The number of aryl methyl sites for hydroxylation is 1. The van der Waals surface area contributed by atoms with Gasteiger partial charge in [-0.05, 0) is 18.2 Å². The van der Waals surface area contributed by atoms with Crippen LogP contribution in [0.4, 0.5) is 9.18 Å². The smallest absolute Gasteiger partial charge is 0.322 e. The first kappa shape index (κ1) is 16.8. The summed E-state index contributed by atoms with van der Waals surface area (Å²) < 4.78 is 15.4. The fourth-order valence-electron chi connectivity index (χ4n) is 3.18. The number of aromatic nitrogens is 3. The molecule has 1 aliphatic rings. The van der Waals surface area contributed by atoms with Crippen LogP contribution in [-0.4, -0.2) is 38.9 Å². The third kappa shape index (κ3) is 2.62. The first-order chi connectivity index (χ1) is 12.9. The Morgan fingerprint density at radius 3 is 2.81 bits per heavy atom. The van der Waals surface area contributed by atoms with Crippen LogP contribution in [0.3, 0.4) is 0 Å². The first-order valence-electron chi connectivity index (χ1n) is 8.07. The van der Waals surface area contributed by atoms with E-state index in [1.54, 1.807) is 23.9 Å². The largest absolute Gasteiger partial charge is 0.350 e. The van der Waals surface area contributed by atoms with Gasteiger partial charge in [0.1, 0.15) is 17.3 Å². The molecule has 1 aliphatic heterocycles. The molecule has 3 heterocycles. The highest BCUT2D eigenvalue weighted by Crippen LogP contribution is 2.23. The van der Waals surface area contributed by atoms with Crippen molar-refractivity contribution in [3.8, 4) is 0 Å². The van der Waals surface area contributed by atoms with Crippen LogP contribution in [0.1, 0.15) is 16.3 Å². The molecular formula is C17H15FN6O3. The van der Waals surface area contributed by atoms with Gasteiger partial charge in [0, 0.05) is 30.3 Å². The van der Waals surface area contributed by atoms with Gasteiger partial charge in [0.15, 0.2) is 5.54 Å². The molecule has 4 N–H and O–H groups in total. The summed E-state index contributed by atoms with van der Waals surface area (Å²) in [7, 11) is 1.67. The fraction of sp³-hybridized carbons (Fsp3) is 0.176. The van der Waals surface area contributed by atoms with Crippen LogP contribution < -0.4 is 16.0 Å². The number of urea groups is 1. The zero-order valence-corrected chi connectivity index (χ0v) is 14.2. The number of imidazole rings is 1. The quantitative estimate of drug-likeness (QED) is 0.500. The highest BCUT2D eigenvalue weighted by Gasteiger charge is 2.50. The van der Waals surface area contributed by atoms with Crippen molar-refractivity contribution in [3.63, 3.8) is 0 Å². The van der Waals surface area contributed by atoms with E-state index in [0.717, 1.165) is 0 Å². The topological polar surface area (TPSA) is 121 Å². The molecular weight excluding hydrogens is 355 g/mol. The van der Waals surface area contributed by atoms with Crippen LogP contribution in [0.5, 0.6) is 0 Å². The van der Waals surface area contributed by atoms with Gasteiger partial charge in [0.05, 0.1) is 6.54 Å². The van der Waals surface area contributed by atoms with Crippen LogP contribution in [0, 0.1) is 5.82 Å². The summed E-state index contributed by atoms with van der Waals surface area (Å²) in [6.07, 6.45) is 3.11. The molecule has 0 bridgehead atoms. The van der Waals surface area contributed by atoms with Crippen molar-refractivity contribution < 1.29 is 18.8 Å². The lowest BCUT2D eigenvalue weighted by Gasteiger charge is -2.25. The molecule has 4 rings (SSSR count). The minimum Gasteiger partial charge on any atom is -0.350 e. The predicted molar refractivity (Wildman–Crippen MR) is 92.2 cm³/mol. The number of carbonyl (C=O) groups excluding carboxylic acids is 3. The maximum Gasteiger partial charge on any atom is 0.322 e. The molecule has 10 heteroatoms. The number of nitrogens with one attached hydrogen (secondary N) is 4. The van der Waals surface area contributed by atoms with Gasteiger partial charge in [0.2, 0.25) is 0 Å². The van der Waals surface area contributed by atoms with Gasteiger partial charge in [-0.25, -0.2) is 14.2 Å². The Kier molecular flexibility index (Phi) is 3.69. The van der Waals surface area contributed by atoms with Crippen LogP contribution >= 0.6 is 0 Å². The molecule has 0 saturated carbocycles. The number of benzene rings is 1. The molecule has 27 heavy (non-hydrogen) atoms. The monoisotopic (exact) mass is 370 g/mol. The van der Waals surface area contributed by atoms with E-state index in [2.05, 4.69) is 25.9 Å². The molecule has 4 amide bonds. The van der Waals surface area contributed by atoms with Crippen molar-refractivity contribution >= 4 is 28.7 Å². The van der Waals surface area contributed by atoms with Gasteiger partial charge < -0.3 is 20.2 Å². The molecule has 1 fully saturated rings. The van der Waals surface area contributed by atoms with Crippen molar-refractivity contribution in [1.82, 2.24) is 30.5 Å². The van der Waals surface area contributed by atoms with Crippen molar-refractivity contribution in [1.29, 1.82) is 0 Å².